The fourth-order valence-electron chi connectivity index (χ4n) is 2.94. The van der Waals surface area contributed by atoms with Crippen molar-refractivity contribution in [2.45, 2.75) is 20.3 Å². The summed E-state index contributed by atoms with van der Waals surface area (Å²) >= 11 is 1.35. The van der Waals surface area contributed by atoms with Gasteiger partial charge in [0.2, 0.25) is 0 Å². The normalized spacial score (nSPS) is 16.2. The first kappa shape index (κ1) is 21.5. The zero-order chi connectivity index (χ0) is 21.5. The largest absolute Gasteiger partial charge is 0.490 e. The summed E-state index contributed by atoms with van der Waals surface area (Å²) in [6, 6.07) is 15.3. The van der Waals surface area contributed by atoms with Crippen molar-refractivity contribution in [2.75, 3.05) is 20.3 Å². The number of carbonyl (C=O) groups excluding carboxylic acids is 1. The minimum absolute atomic E-state index is 0.0568. The maximum absolute atomic E-state index is 12.7. The number of amidine groups is 1. The van der Waals surface area contributed by atoms with E-state index in [1.807, 2.05) is 49.4 Å². The molecule has 0 atom stereocenters. The lowest BCUT2D eigenvalue weighted by molar-refractivity contribution is -0.121. The van der Waals surface area contributed by atoms with Crippen LogP contribution in [0.1, 0.15) is 25.0 Å². The summed E-state index contributed by atoms with van der Waals surface area (Å²) in [6.45, 7) is 4.37. The number of benzene rings is 2. The molecule has 0 saturated carbocycles. The Labute approximate surface area is 180 Å². The monoisotopic (exact) mass is 421 g/mol. The molecule has 0 aliphatic carbocycles. The molecule has 154 valence electrons. The molecule has 1 aliphatic heterocycles. The summed E-state index contributed by atoms with van der Waals surface area (Å²) in [7, 11) is 1.73. The predicted octanol–water partition coefficient (Wildman–Crippen LogP) is 4.78. The first-order chi connectivity index (χ1) is 14.6. The smallest absolute Gasteiger partial charge is 0.266 e. The van der Waals surface area contributed by atoms with E-state index >= 15 is 0 Å². The van der Waals surface area contributed by atoms with Crippen LogP contribution in [0.25, 0.3) is 6.08 Å². The Morgan fingerprint density at radius 2 is 1.97 bits per heavy atom. The summed E-state index contributed by atoms with van der Waals surface area (Å²) in [5.41, 5.74) is 2.82. The van der Waals surface area contributed by atoms with Gasteiger partial charge in [-0.3, -0.25) is 9.69 Å². The van der Waals surface area contributed by atoms with Crippen LogP contribution in [-0.4, -0.2) is 36.2 Å². The van der Waals surface area contributed by atoms with E-state index in [1.54, 1.807) is 24.1 Å². The highest BCUT2D eigenvalue weighted by Gasteiger charge is 2.30. The van der Waals surface area contributed by atoms with E-state index in [0.29, 0.717) is 28.2 Å². The molecule has 0 unspecified atom stereocenters. The van der Waals surface area contributed by atoms with E-state index in [1.165, 1.54) is 11.8 Å². The molecule has 3 rings (SSSR count). The number of rotatable bonds is 7. The number of hydrogen-bond donors (Lipinski definition) is 0. The number of para-hydroxylation sites is 1. The van der Waals surface area contributed by atoms with Crippen LogP contribution in [0.5, 0.6) is 11.5 Å². The maximum atomic E-state index is 12.7. The number of ether oxygens (including phenoxy) is 2. The van der Waals surface area contributed by atoms with E-state index < -0.39 is 0 Å². The van der Waals surface area contributed by atoms with E-state index in [2.05, 4.69) is 6.92 Å². The molecule has 1 aliphatic rings. The van der Waals surface area contributed by atoms with Crippen LogP contribution in [0.4, 0.5) is 5.69 Å². The SMILES string of the molecule is CCOc1cc(/C=C2\SC(=Nc3ccccc3CC)N(C)C2=O)ccc1OCC#N. The van der Waals surface area contributed by atoms with Gasteiger partial charge in [-0.2, -0.15) is 5.26 Å². The van der Waals surface area contributed by atoms with Crippen molar-refractivity contribution in [1.29, 1.82) is 5.26 Å². The van der Waals surface area contributed by atoms with Crippen LogP contribution in [0.2, 0.25) is 0 Å². The molecule has 30 heavy (non-hydrogen) atoms. The molecule has 0 spiro atoms. The van der Waals surface area contributed by atoms with Crippen molar-refractivity contribution in [3.05, 3.63) is 58.5 Å². The second-order valence-corrected chi connectivity index (χ2v) is 7.45. The summed E-state index contributed by atoms with van der Waals surface area (Å²) < 4.78 is 11.0. The molecule has 2 aromatic rings. The third-order valence-corrected chi connectivity index (χ3v) is 5.51. The second kappa shape index (κ2) is 9.99. The van der Waals surface area contributed by atoms with E-state index in [4.69, 9.17) is 19.7 Å². The summed E-state index contributed by atoms with van der Waals surface area (Å²) in [4.78, 5) is 19.6. The second-order valence-electron chi connectivity index (χ2n) is 6.44. The average molecular weight is 422 g/mol. The number of nitrogens with zero attached hydrogens (tertiary/aromatic N) is 3. The Hall–Kier alpha value is -3.24. The number of likely N-dealkylation sites (N-methyl/N-ethyl adjacent to an activating group) is 1. The van der Waals surface area contributed by atoms with Crippen molar-refractivity contribution >= 4 is 34.6 Å². The number of aryl methyl sites for hydroxylation is 1. The van der Waals surface area contributed by atoms with Crippen molar-refractivity contribution in [3.8, 4) is 17.6 Å². The van der Waals surface area contributed by atoms with Gasteiger partial charge in [0, 0.05) is 7.05 Å². The zero-order valence-corrected chi connectivity index (χ0v) is 18.0. The molecule has 1 heterocycles. The molecule has 0 N–H and O–H groups in total. The number of thioether (sulfide) groups is 1. The van der Waals surface area contributed by atoms with Gasteiger partial charge in [0.15, 0.2) is 23.3 Å². The number of amides is 1. The Kier molecular flexibility index (Phi) is 7.15. The van der Waals surface area contributed by atoms with Crippen LogP contribution in [0, 0.1) is 11.3 Å². The molecule has 1 saturated heterocycles. The summed E-state index contributed by atoms with van der Waals surface area (Å²) in [6.07, 6.45) is 2.69. The molecule has 0 radical (unpaired) electrons. The van der Waals surface area contributed by atoms with Crippen LogP contribution in [-0.2, 0) is 11.2 Å². The number of hydrogen-bond acceptors (Lipinski definition) is 6. The van der Waals surface area contributed by atoms with E-state index in [0.717, 1.165) is 23.2 Å². The maximum Gasteiger partial charge on any atom is 0.266 e. The van der Waals surface area contributed by atoms with Gasteiger partial charge in [0.05, 0.1) is 17.2 Å². The van der Waals surface area contributed by atoms with Crippen LogP contribution in [0.15, 0.2) is 52.4 Å². The fraction of sp³-hybridized carbons (Fsp3) is 0.261. The lowest BCUT2D eigenvalue weighted by atomic mass is 10.1. The molecule has 0 bridgehead atoms. The molecule has 6 nitrogen and oxygen atoms in total. The van der Waals surface area contributed by atoms with Crippen LogP contribution in [0.3, 0.4) is 0 Å². The Balaban J connectivity index is 1.89. The van der Waals surface area contributed by atoms with Gasteiger partial charge in [-0.25, -0.2) is 4.99 Å². The zero-order valence-electron chi connectivity index (χ0n) is 17.2. The standard InChI is InChI=1S/C23H23N3O3S/c1-4-17-8-6-7-9-18(17)25-23-26(3)22(27)21(30-23)15-16-10-11-19(29-13-12-24)20(14-16)28-5-2/h6-11,14-15H,4-5,13H2,1-3H3/b21-15-,25-23?. The molecule has 2 aromatic carbocycles. The van der Waals surface area contributed by atoms with Gasteiger partial charge >= 0.3 is 0 Å². The predicted molar refractivity (Wildman–Crippen MR) is 120 cm³/mol. The van der Waals surface area contributed by atoms with Crippen molar-refractivity contribution < 1.29 is 14.3 Å². The first-order valence-corrected chi connectivity index (χ1v) is 10.5. The third kappa shape index (κ3) is 4.84. The quantitative estimate of drug-likeness (QED) is 0.601. The molecule has 7 heteroatoms. The van der Waals surface area contributed by atoms with E-state index in [-0.39, 0.29) is 12.5 Å². The number of carbonyl (C=O) groups is 1. The molecular weight excluding hydrogens is 398 g/mol. The Bertz CT molecular complexity index is 1040. The Morgan fingerprint density at radius 1 is 1.17 bits per heavy atom. The van der Waals surface area contributed by atoms with Crippen molar-refractivity contribution in [3.63, 3.8) is 0 Å². The molecule has 1 fully saturated rings. The fourth-order valence-corrected chi connectivity index (χ4v) is 3.92. The van der Waals surface area contributed by atoms with Gasteiger partial charge in [-0.15, -0.1) is 0 Å². The van der Waals surface area contributed by atoms with Gasteiger partial charge in [0.25, 0.3) is 5.91 Å². The average Bonchev–Trinajstić information content (AvgIpc) is 3.01. The van der Waals surface area contributed by atoms with Gasteiger partial charge < -0.3 is 9.47 Å². The van der Waals surface area contributed by atoms with Crippen LogP contribution < -0.4 is 9.47 Å². The lowest BCUT2D eigenvalue weighted by Crippen LogP contribution is -2.23. The Morgan fingerprint density at radius 3 is 2.70 bits per heavy atom. The highest BCUT2D eigenvalue weighted by Crippen LogP contribution is 2.35. The van der Waals surface area contributed by atoms with Gasteiger partial charge in [0.1, 0.15) is 6.07 Å². The van der Waals surface area contributed by atoms with Crippen molar-refractivity contribution in [1.82, 2.24) is 4.90 Å². The van der Waals surface area contributed by atoms with Gasteiger partial charge in [-0.05, 0) is 60.5 Å². The van der Waals surface area contributed by atoms with E-state index in [9.17, 15) is 4.79 Å². The molecular formula is C23H23N3O3S. The highest BCUT2D eigenvalue weighted by molar-refractivity contribution is 8.18. The molecule has 0 aromatic heterocycles. The number of aliphatic imine (C=N–C) groups is 1. The van der Waals surface area contributed by atoms with Crippen LogP contribution >= 0.6 is 11.8 Å². The summed E-state index contributed by atoms with van der Waals surface area (Å²) in [5.74, 6) is 0.939. The molecule has 1 amide bonds. The topological polar surface area (TPSA) is 74.9 Å². The third-order valence-electron chi connectivity index (χ3n) is 4.45. The van der Waals surface area contributed by atoms with Crippen molar-refractivity contribution in [2.24, 2.45) is 4.99 Å². The minimum Gasteiger partial charge on any atom is -0.490 e. The lowest BCUT2D eigenvalue weighted by Gasteiger charge is -2.10. The summed E-state index contributed by atoms with van der Waals surface area (Å²) in [5, 5.41) is 9.37. The highest BCUT2D eigenvalue weighted by atomic mass is 32.2. The minimum atomic E-state index is -0.101. The first-order valence-electron chi connectivity index (χ1n) is 9.68. The number of nitriles is 1. The van der Waals surface area contributed by atoms with Gasteiger partial charge in [-0.1, -0.05) is 31.2 Å².